The van der Waals surface area contributed by atoms with E-state index in [4.69, 9.17) is 17.3 Å². The minimum Gasteiger partial charge on any atom is -0.383 e. The Bertz CT molecular complexity index is 561. The van der Waals surface area contributed by atoms with Crippen molar-refractivity contribution in [2.45, 2.75) is 13.8 Å². The summed E-state index contributed by atoms with van der Waals surface area (Å²) in [6.07, 6.45) is 0. The van der Waals surface area contributed by atoms with Crippen molar-refractivity contribution in [1.29, 1.82) is 0 Å². The Balaban J connectivity index is 2.61. The highest BCUT2D eigenvalue weighted by Crippen LogP contribution is 2.27. The van der Waals surface area contributed by atoms with Crippen LogP contribution < -0.4 is 5.73 Å². The normalized spacial score (nSPS) is 10.6. The van der Waals surface area contributed by atoms with E-state index >= 15 is 0 Å². The van der Waals surface area contributed by atoms with E-state index in [1.165, 1.54) is 12.1 Å². The Morgan fingerprint density at radius 2 is 1.94 bits per heavy atom. The molecular weight excluding hydrogens is 241 g/mol. The van der Waals surface area contributed by atoms with Gasteiger partial charge >= 0.3 is 0 Å². The zero-order valence-electron chi connectivity index (χ0n) is 9.46. The molecule has 0 radical (unpaired) electrons. The molecule has 5 heteroatoms. The predicted octanol–water partition coefficient (Wildman–Crippen LogP) is 3.14. The van der Waals surface area contributed by atoms with Gasteiger partial charge in [-0.1, -0.05) is 11.6 Å². The lowest BCUT2D eigenvalue weighted by Gasteiger charge is -2.08. The number of anilines is 1. The maximum atomic E-state index is 12.9. The lowest BCUT2D eigenvalue weighted by Crippen LogP contribution is -2.02. The van der Waals surface area contributed by atoms with E-state index in [1.54, 1.807) is 6.07 Å². The van der Waals surface area contributed by atoms with Crippen LogP contribution in [0.4, 0.5) is 10.2 Å². The summed E-state index contributed by atoms with van der Waals surface area (Å²) < 4.78 is 12.9. The molecule has 0 amide bonds. The summed E-state index contributed by atoms with van der Waals surface area (Å²) in [6.45, 7) is 3.69. The lowest BCUT2D eigenvalue weighted by atomic mass is 10.2. The second kappa shape index (κ2) is 4.30. The van der Waals surface area contributed by atoms with E-state index in [9.17, 15) is 4.39 Å². The van der Waals surface area contributed by atoms with Gasteiger partial charge in [0.1, 0.15) is 11.6 Å². The number of hydrogen-bond donors (Lipinski definition) is 1. The van der Waals surface area contributed by atoms with Crippen LogP contribution in [0.3, 0.4) is 0 Å². The maximum Gasteiger partial charge on any atom is 0.163 e. The van der Waals surface area contributed by atoms with E-state index in [0.717, 1.165) is 11.3 Å². The Kier molecular flexibility index (Phi) is 2.98. The molecular formula is C12H11ClFN3. The molecule has 0 unspecified atom stereocenters. The van der Waals surface area contributed by atoms with Crippen LogP contribution >= 0.6 is 11.6 Å². The average Bonchev–Trinajstić information content (AvgIpc) is 2.25. The fourth-order valence-electron chi connectivity index (χ4n) is 1.44. The molecule has 3 nitrogen and oxygen atoms in total. The molecule has 0 aliphatic rings. The summed E-state index contributed by atoms with van der Waals surface area (Å²) in [5.41, 5.74) is 7.97. The highest BCUT2D eigenvalue weighted by molar-refractivity contribution is 6.33. The summed E-state index contributed by atoms with van der Waals surface area (Å²) >= 11 is 5.95. The first-order valence-corrected chi connectivity index (χ1v) is 5.43. The predicted molar refractivity (Wildman–Crippen MR) is 66.3 cm³/mol. The number of nitrogens with two attached hydrogens (primary N) is 1. The molecule has 88 valence electrons. The summed E-state index contributed by atoms with van der Waals surface area (Å²) in [5, 5.41) is 0.271. The van der Waals surface area contributed by atoms with Crippen LogP contribution in [0, 0.1) is 19.7 Å². The van der Waals surface area contributed by atoms with Crippen LogP contribution in [-0.4, -0.2) is 9.97 Å². The van der Waals surface area contributed by atoms with Crippen molar-refractivity contribution in [3.05, 3.63) is 40.3 Å². The summed E-state index contributed by atoms with van der Waals surface area (Å²) in [5.74, 6) is 0.430. The second-order valence-electron chi connectivity index (χ2n) is 3.77. The number of nitrogens with zero attached hydrogens (tertiary/aromatic N) is 2. The standard InChI is InChI=1S/C12H11ClFN3/c1-6-7(2)16-12(17-11(6)15)9-4-3-8(14)5-10(9)13/h3-5H,1-2H3,(H2,15,16,17). The van der Waals surface area contributed by atoms with Gasteiger partial charge < -0.3 is 5.73 Å². The van der Waals surface area contributed by atoms with E-state index < -0.39 is 5.82 Å². The minimum absolute atomic E-state index is 0.271. The Morgan fingerprint density at radius 1 is 1.24 bits per heavy atom. The molecule has 0 spiro atoms. The van der Waals surface area contributed by atoms with Gasteiger partial charge in [0.15, 0.2) is 5.82 Å². The van der Waals surface area contributed by atoms with Gasteiger partial charge in [0.05, 0.1) is 5.02 Å². The first-order chi connectivity index (χ1) is 7.99. The average molecular weight is 252 g/mol. The van der Waals surface area contributed by atoms with Gasteiger partial charge in [-0.25, -0.2) is 14.4 Å². The number of nitrogen functional groups attached to an aromatic ring is 1. The number of hydrogen-bond acceptors (Lipinski definition) is 3. The van der Waals surface area contributed by atoms with Gasteiger partial charge in [-0.15, -0.1) is 0 Å². The van der Waals surface area contributed by atoms with Crippen LogP contribution in [0.5, 0.6) is 0 Å². The first kappa shape index (κ1) is 11.8. The molecule has 0 fully saturated rings. The van der Waals surface area contributed by atoms with Crippen LogP contribution in [0.15, 0.2) is 18.2 Å². The maximum absolute atomic E-state index is 12.9. The molecule has 1 aromatic carbocycles. The third-order valence-corrected chi connectivity index (χ3v) is 2.91. The quantitative estimate of drug-likeness (QED) is 0.847. The van der Waals surface area contributed by atoms with Crippen molar-refractivity contribution in [2.75, 3.05) is 5.73 Å². The zero-order chi connectivity index (χ0) is 12.6. The summed E-state index contributed by atoms with van der Waals surface area (Å²) in [6, 6.07) is 4.09. The highest BCUT2D eigenvalue weighted by atomic mass is 35.5. The smallest absolute Gasteiger partial charge is 0.163 e. The lowest BCUT2D eigenvalue weighted by molar-refractivity contribution is 0.628. The molecule has 0 bridgehead atoms. The van der Waals surface area contributed by atoms with Gasteiger partial charge in [0, 0.05) is 16.8 Å². The van der Waals surface area contributed by atoms with Crippen molar-refractivity contribution < 1.29 is 4.39 Å². The highest BCUT2D eigenvalue weighted by Gasteiger charge is 2.11. The van der Waals surface area contributed by atoms with Crippen LogP contribution in [0.25, 0.3) is 11.4 Å². The molecule has 0 saturated heterocycles. The Hall–Kier alpha value is -1.68. The third kappa shape index (κ3) is 2.22. The summed E-state index contributed by atoms with van der Waals surface area (Å²) in [7, 11) is 0. The monoisotopic (exact) mass is 251 g/mol. The van der Waals surface area contributed by atoms with Crippen molar-refractivity contribution >= 4 is 17.4 Å². The number of aromatic nitrogens is 2. The van der Waals surface area contributed by atoms with Crippen LogP contribution in [-0.2, 0) is 0 Å². The molecule has 2 aromatic rings. The van der Waals surface area contributed by atoms with E-state index in [0.29, 0.717) is 17.2 Å². The number of rotatable bonds is 1. The van der Waals surface area contributed by atoms with Gasteiger partial charge in [-0.05, 0) is 32.0 Å². The van der Waals surface area contributed by atoms with E-state index in [-0.39, 0.29) is 5.02 Å². The molecule has 17 heavy (non-hydrogen) atoms. The molecule has 2 N–H and O–H groups in total. The Labute approximate surface area is 103 Å². The van der Waals surface area contributed by atoms with Crippen molar-refractivity contribution in [3.8, 4) is 11.4 Å². The third-order valence-electron chi connectivity index (χ3n) is 2.60. The largest absolute Gasteiger partial charge is 0.383 e. The molecule has 0 aliphatic carbocycles. The van der Waals surface area contributed by atoms with Gasteiger partial charge in [0.2, 0.25) is 0 Å². The second-order valence-corrected chi connectivity index (χ2v) is 4.17. The van der Waals surface area contributed by atoms with Crippen molar-refractivity contribution in [2.24, 2.45) is 0 Å². The molecule has 0 saturated carbocycles. The molecule has 0 aliphatic heterocycles. The van der Waals surface area contributed by atoms with E-state index in [2.05, 4.69) is 9.97 Å². The number of aryl methyl sites for hydroxylation is 1. The Morgan fingerprint density at radius 3 is 2.53 bits per heavy atom. The summed E-state index contributed by atoms with van der Waals surface area (Å²) in [4.78, 5) is 8.45. The molecule has 2 rings (SSSR count). The van der Waals surface area contributed by atoms with E-state index in [1.807, 2.05) is 13.8 Å². The van der Waals surface area contributed by atoms with Gasteiger partial charge in [-0.2, -0.15) is 0 Å². The fraction of sp³-hybridized carbons (Fsp3) is 0.167. The minimum atomic E-state index is -0.393. The van der Waals surface area contributed by atoms with Gasteiger partial charge in [-0.3, -0.25) is 0 Å². The molecule has 0 atom stereocenters. The fourth-order valence-corrected chi connectivity index (χ4v) is 1.69. The van der Waals surface area contributed by atoms with Gasteiger partial charge in [0.25, 0.3) is 0 Å². The SMILES string of the molecule is Cc1nc(-c2ccc(F)cc2Cl)nc(N)c1C. The van der Waals surface area contributed by atoms with Crippen LogP contribution in [0.1, 0.15) is 11.3 Å². The topological polar surface area (TPSA) is 51.8 Å². The van der Waals surface area contributed by atoms with Crippen molar-refractivity contribution in [1.82, 2.24) is 9.97 Å². The zero-order valence-corrected chi connectivity index (χ0v) is 10.2. The number of halogens is 2. The molecule has 1 heterocycles. The molecule has 1 aromatic heterocycles. The van der Waals surface area contributed by atoms with Crippen molar-refractivity contribution in [3.63, 3.8) is 0 Å². The van der Waals surface area contributed by atoms with Crippen LogP contribution in [0.2, 0.25) is 5.02 Å². The first-order valence-electron chi connectivity index (χ1n) is 5.05. The number of benzene rings is 1.